The van der Waals surface area contributed by atoms with Crippen molar-refractivity contribution in [1.29, 1.82) is 0 Å². The van der Waals surface area contributed by atoms with Gasteiger partial charge in [-0.1, -0.05) is 42.0 Å². The van der Waals surface area contributed by atoms with E-state index >= 15 is 0 Å². The fraction of sp³-hybridized carbons (Fsp3) is 0.367. The number of para-hydroxylation sites is 1. The molecule has 6 nitrogen and oxygen atoms in total. The van der Waals surface area contributed by atoms with Crippen LogP contribution in [0, 0.1) is 27.7 Å². The first-order valence-corrected chi connectivity index (χ1v) is 12.6. The summed E-state index contributed by atoms with van der Waals surface area (Å²) in [5.74, 6) is 0.129. The minimum atomic E-state index is 0.129. The third-order valence-corrected chi connectivity index (χ3v) is 6.59. The number of pyridine rings is 1. The Morgan fingerprint density at radius 1 is 0.944 bits per heavy atom. The highest BCUT2D eigenvalue weighted by atomic mass is 16.2. The largest absolute Gasteiger partial charge is 0.337 e. The van der Waals surface area contributed by atoms with E-state index in [0.717, 1.165) is 51.2 Å². The molecule has 36 heavy (non-hydrogen) atoms. The maximum Gasteiger partial charge on any atom is 0.224 e. The van der Waals surface area contributed by atoms with Gasteiger partial charge in [0, 0.05) is 49.2 Å². The molecule has 0 unspecified atom stereocenters. The van der Waals surface area contributed by atoms with E-state index in [1.54, 1.807) is 0 Å². The molecule has 0 N–H and O–H groups in total. The molecule has 0 radical (unpaired) electrons. The lowest BCUT2D eigenvalue weighted by Gasteiger charge is -2.26. The lowest BCUT2D eigenvalue weighted by Crippen LogP contribution is -2.37. The summed E-state index contributed by atoms with van der Waals surface area (Å²) in [4.78, 5) is 22.7. The zero-order valence-corrected chi connectivity index (χ0v) is 22.4. The molecule has 1 amide bonds. The van der Waals surface area contributed by atoms with Gasteiger partial charge < -0.3 is 9.80 Å². The lowest BCUT2D eigenvalue weighted by atomic mass is 10.00. The summed E-state index contributed by atoms with van der Waals surface area (Å²) in [5.41, 5.74) is 8.50. The smallest absolute Gasteiger partial charge is 0.224 e. The quantitative estimate of drug-likeness (QED) is 0.324. The van der Waals surface area contributed by atoms with Gasteiger partial charge in [0.15, 0.2) is 0 Å². The standard InChI is InChI=1S/C30H37N5O/c1-21-9-7-11-25(17-21)30-27(19-26-12-8-10-22(2)29(26)31-30)20-34(16-15-33(5)6)28(36)13-14-35-24(4)18-23(3)32-35/h7-12,17-19H,13-16,20H2,1-6H3. The maximum atomic E-state index is 13.5. The van der Waals surface area contributed by atoms with E-state index < -0.39 is 0 Å². The predicted molar refractivity (Wildman–Crippen MR) is 147 cm³/mol. The first kappa shape index (κ1) is 25.6. The summed E-state index contributed by atoms with van der Waals surface area (Å²) in [5, 5.41) is 5.63. The van der Waals surface area contributed by atoms with Gasteiger partial charge in [-0.15, -0.1) is 0 Å². The van der Waals surface area contributed by atoms with Crippen LogP contribution in [-0.2, 0) is 17.9 Å². The van der Waals surface area contributed by atoms with Crippen molar-refractivity contribution < 1.29 is 4.79 Å². The number of rotatable bonds is 9. The molecule has 2 aromatic carbocycles. The number of aryl methyl sites for hydroxylation is 5. The molecule has 0 aliphatic rings. The van der Waals surface area contributed by atoms with Gasteiger partial charge in [0.25, 0.3) is 0 Å². The summed E-state index contributed by atoms with van der Waals surface area (Å²) in [6.07, 6.45) is 0.412. The second kappa shape index (κ2) is 11.0. The van der Waals surface area contributed by atoms with Gasteiger partial charge in [-0.3, -0.25) is 9.48 Å². The molecule has 4 rings (SSSR count). The van der Waals surface area contributed by atoms with Crippen LogP contribution in [0.15, 0.2) is 54.6 Å². The van der Waals surface area contributed by atoms with E-state index in [1.165, 1.54) is 5.56 Å². The van der Waals surface area contributed by atoms with Crippen LogP contribution < -0.4 is 0 Å². The number of hydrogen-bond donors (Lipinski definition) is 0. The van der Waals surface area contributed by atoms with Crippen LogP contribution in [0.4, 0.5) is 0 Å². The second-order valence-electron chi connectivity index (χ2n) is 10.0. The molecule has 0 spiro atoms. The third-order valence-electron chi connectivity index (χ3n) is 6.59. The lowest BCUT2D eigenvalue weighted by molar-refractivity contribution is -0.132. The van der Waals surface area contributed by atoms with Crippen molar-refractivity contribution in [3.05, 3.63) is 82.7 Å². The highest BCUT2D eigenvalue weighted by Gasteiger charge is 2.19. The van der Waals surface area contributed by atoms with Crippen molar-refractivity contribution in [2.45, 2.75) is 47.2 Å². The van der Waals surface area contributed by atoms with Gasteiger partial charge in [0.1, 0.15) is 0 Å². The van der Waals surface area contributed by atoms with E-state index in [0.29, 0.717) is 26.1 Å². The highest BCUT2D eigenvalue weighted by molar-refractivity contribution is 5.86. The molecule has 0 aliphatic heterocycles. The molecular weight excluding hydrogens is 446 g/mol. The number of hydrogen-bond acceptors (Lipinski definition) is 4. The van der Waals surface area contributed by atoms with Crippen molar-refractivity contribution in [3.63, 3.8) is 0 Å². The van der Waals surface area contributed by atoms with Crippen molar-refractivity contribution in [3.8, 4) is 11.3 Å². The van der Waals surface area contributed by atoms with Crippen LogP contribution in [0.25, 0.3) is 22.2 Å². The fourth-order valence-corrected chi connectivity index (χ4v) is 4.63. The summed E-state index contributed by atoms with van der Waals surface area (Å²) in [7, 11) is 4.08. The number of benzene rings is 2. The van der Waals surface area contributed by atoms with E-state index in [4.69, 9.17) is 4.98 Å². The summed E-state index contributed by atoms with van der Waals surface area (Å²) < 4.78 is 1.93. The first-order chi connectivity index (χ1) is 17.2. The Bertz CT molecular complexity index is 1370. The summed E-state index contributed by atoms with van der Waals surface area (Å²) >= 11 is 0. The van der Waals surface area contributed by atoms with Crippen LogP contribution in [0.2, 0.25) is 0 Å². The zero-order chi connectivity index (χ0) is 25.8. The number of amides is 1. The van der Waals surface area contributed by atoms with E-state index in [9.17, 15) is 4.79 Å². The maximum absolute atomic E-state index is 13.5. The third kappa shape index (κ3) is 6.00. The van der Waals surface area contributed by atoms with Crippen molar-refractivity contribution in [1.82, 2.24) is 24.6 Å². The highest BCUT2D eigenvalue weighted by Crippen LogP contribution is 2.29. The van der Waals surface area contributed by atoms with E-state index in [1.807, 2.05) is 43.6 Å². The van der Waals surface area contributed by atoms with Crippen molar-refractivity contribution in [2.75, 3.05) is 27.2 Å². The minimum Gasteiger partial charge on any atom is -0.337 e. The number of fused-ring (bicyclic) bond motifs is 1. The average molecular weight is 484 g/mol. The normalized spacial score (nSPS) is 11.4. The minimum absolute atomic E-state index is 0.129. The number of aromatic nitrogens is 3. The average Bonchev–Trinajstić information content (AvgIpc) is 3.16. The van der Waals surface area contributed by atoms with Crippen molar-refractivity contribution in [2.24, 2.45) is 0 Å². The number of carbonyl (C=O) groups excluding carboxylic acids is 1. The van der Waals surface area contributed by atoms with Crippen LogP contribution >= 0.6 is 0 Å². The van der Waals surface area contributed by atoms with Gasteiger partial charge in [-0.05, 0) is 71.1 Å². The monoisotopic (exact) mass is 483 g/mol. The Labute approximate surface area is 214 Å². The van der Waals surface area contributed by atoms with Crippen LogP contribution in [0.3, 0.4) is 0 Å². The van der Waals surface area contributed by atoms with Crippen LogP contribution in [-0.4, -0.2) is 57.7 Å². The Hall–Kier alpha value is -3.51. The van der Waals surface area contributed by atoms with Crippen molar-refractivity contribution >= 4 is 16.8 Å². The van der Waals surface area contributed by atoms with Crippen LogP contribution in [0.5, 0.6) is 0 Å². The molecule has 0 aliphatic carbocycles. The Kier molecular flexibility index (Phi) is 7.85. The molecule has 0 bridgehead atoms. The molecule has 0 saturated carbocycles. The summed E-state index contributed by atoms with van der Waals surface area (Å²) in [6, 6.07) is 19.0. The molecule has 2 heterocycles. The Balaban J connectivity index is 1.69. The molecule has 6 heteroatoms. The second-order valence-corrected chi connectivity index (χ2v) is 10.0. The number of likely N-dealkylation sites (N-methyl/N-ethyl adjacent to an activating group) is 1. The fourth-order valence-electron chi connectivity index (χ4n) is 4.63. The number of nitrogens with zero attached hydrogens (tertiary/aromatic N) is 5. The molecule has 0 saturated heterocycles. The molecule has 4 aromatic rings. The Morgan fingerprint density at radius 2 is 1.72 bits per heavy atom. The topological polar surface area (TPSA) is 54.3 Å². The van der Waals surface area contributed by atoms with Gasteiger partial charge in [-0.25, -0.2) is 4.98 Å². The first-order valence-electron chi connectivity index (χ1n) is 12.6. The van der Waals surface area contributed by atoms with E-state index in [2.05, 4.69) is 72.4 Å². The Morgan fingerprint density at radius 3 is 2.42 bits per heavy atom. The van der Waals surface area contributed by atoms with Gasteiger partial charge in [0.2, 0.25) is 5.91 Å². The molecule has 188 valence electrons. The summed E-state index contributed by atoms with van der Waals surface area (Å²) in [6.45, 7) is 10.8. The molecule has 0 fully saturated rings. The molecule has 0 atom stereocenters. The van der Waals surface area contributed by atoms with Gasteiger partial charge >= 0.3 is 0 Å². The van der Waals surface area contributed by atoms with Crippen LogP contribution in [0.1, 0.15) is 34.5 Å². The van der Waals surface area contributed by atoms with Gasteiger partial charge in [-0.2, -0.15) is 5.10 Å². The molecule has 2 aromatic heterocycles. The van der Waals surface area contributed by atoms with E-state index in [-0.39, 0.29) is 5.91 Å². The zero-order valence-electron chi connectivity index (χ0n) is 22.4. The SMILES string of the molecule is Cc1cccc(-c2nc3c(C)cccc3cc2CN(CCN(C)C)C(=O)CCn2nc(C)cc2C)c1. The molecular formula is C30H37N5O. The predicted octanol–water partition coefficient (Wildman–Crippen LogP) is 5.31. The van der Waals surface area contributed by atoms with Gasteiger partial charge in [0.05, 0.1) is 16.9 Å². The number of carbonyl (C=O) groups is 1.